The standard InChI is InChI=1S/C27H36N4O4/c1-6-9-30-22-16-31(21(14-17(2)3)25(32)29-10-12-35-13-11-29)26(33)23(22)24(28-27(30)34)20-8-7-18(4)15-19(20)5/h6-8,15,17,21,24H,1,9-14,16H2,2-5H3,(H,28,34). The van der Waals surface area contributed by atoms with Crippen molar-refractivity contribution < 1.29 is 19.1 Å². The summed E-state index contributed by atoms with van der Waals surface area (Å²) in [5.41, 5.74) is 4.22. The molecule has 0 saturated carbocycles. The molecule has 4 rings (SSSR count). The van der Waals surface area contributed by atoms with Gasteiger partial charge in [0.25, 0.3) is 5.91 Å². The Hall–Kier alpha value is -3.13. The zero-order valence-electron chi connectivity index (χ0n) is 21.2. The normalized spacial score (nSPS) is 21.4. The molecular weight excluding hydrogens is 444 g/mol. The van der Waals surface area contributed by atoms with Crippen LogP contribution in [0, 0.1) is 19.8 Å². The first-order valence-electron chi connectivity index (χ1n) is 12.4. The number of carbonyl (C=O) groups excluding carboxylic acids is 3. The summed E-state index contributed by atoms with van der Waals surface area (Å²) in [6, 6.07) is 4.61. The minimum atomic E-state index is -0.591. The van der Waals surface area contributed by atoms with Gasteiger partial charge in [-0.15, -0.1) is 6.58 Å². The van der Waals surface area contributed by atoms with E-state index in [0.717, 1.165) is 16.7 Å². The Labute approximate surface area is 207 Å². The Morgan fingerprint density at radius 3 is 2.57 bits per heavy atom. The van der Waals surface area contributed by atoms with Crippen LogP contribution in [0.5, 0.6) is 0 Å². The summed E-state index contributed by atoms with van der Waals surface area (Å²) >= 11 is 0. The van der Waals surface area contributed by atoms with Crippen LogP contribution in [-0.4, -0.2) is 78.0 Å². The smallest absolute Gasteiger partial charge is 0.322 e. The van der Waals surface area contributed by atoms with Crippen LogP contribution in [0.15, 0.2) is 42.1 Å². The fourth-order valence-electron chi connectivity index (χ4n) is 5.27. The van der Waals surface area contributed by atoms with E-state index in [1.807, 2.05) is 26.0 Å². The Morgan fingerprint density at radius 1 is 1.23 bits per heavy atom. The van der Waals surface area contributed by atoms with Crippen LogP contribution in [0.25, 0.3) is 0 Å². The molecule has 1 fully saturated rings. The van der Waals surface area contributed by atoms with Gasteiger partial charge in [-0.05, 0) is 37.3 Å². The van der Waals surface area contributed by atoms with Gasteiger partial charge in [0.1, 0.15) is 6.04 Å². The number of ether oxygens (including phenoxy) is 1. The van der Waals surface area contributed by atoms with Crippen molar-refractivity contribution in [2.24, 2.45) is 5.92 Å². The molecule has 35 heavy (non-hydrogen) atoms. The highest BCUT2D eigenvalue weighted by Crippen LogP contribution is 2.39. The van der Waals surface area contributed by atoms with E-state index in [2.05, 4.69) is 31.8 Å². The predicted octanol–water partition coefficient (Wildman–Crippen LogP) is 2.93. The van der Waals surface area contributed by atoms with E-state index in [0.29, 0.717) is 44.0 Å². The van der Waals surface area contributed by atoms with Gasteiger partial charge in [-0.1, -0.05) is 43.7 Å². The maximum Gasteiger partial charge on any atom is 0.322 e. The number of hydrogen-bond acceptors (Lipinski definition) is 4. The van der Waals surface area contributed by atoms with E-state index in [9.17, 15) is 14.4 Å². The maximum atomic E-state index is 14.0. The van der Waals surface area contributed by atoms with Crippen molar-refractivity contribution in [3.63, 3.8) is 0 Å². The molecule has 3 heterocycles. The lowest BCUT2D eigenvalue weighted by atomic mass is 9.91. The van der Waals surface area contributed by atoms with Crippen molar-refractivity contribution in [1.82, 2.24) is 20.0 Å². The van der Waals surface area contributed by atoms with Gasteiger partial charge in [0.2, 0.25) is 5.91 Å². The molecule has 2 unspecified atom stereocenters. The SMILES string of the molecule is C=CCN1C(=O)NC(c2ccc(C)cc2C)C2=C1CN(C(CC(C)C)C(=O)N1CCOCC1)C2=O. The molecule has 1 aromatic rings. The second-order valence-corrected chi connectivity index (χ2v) is 10.0. The molecule has 0 spiro atoms. The van der Waals surface area contributed by atoms with Crippen LogP contribution < -0.4 is 5.32 Å². The average molecular weight is 481 g/mol. The molecule has 4 amide bonds. The first kappa shape index (κ1) is 25.0. The largest absolute Gasteiger partial charge is 0.378 e. The van der Waals surface area contributed by atoms with Gasteiger partial charge in [0.05, 0.1) is 37.1 Å². The summed E-state index contributed by atoms with van der Waals surface area (Å²) in [5, 5.41) is 3.04. The van der Waals surface area contributed by atoms with Gasteiger partial charge >= 0.3 is 6.03 Å². The summed E-state index contributed by atoms with van der Waals surface area (Å²) < 4.78 is 5.43. The van der Waals surface area contributed by atoms with Crippen LogP contribution in [-0.2, 0) is 14.3 Å². The van der Waals surface area contributed by atoms with Gasteiger partial charge in [-0.3, -0.25) is 14.5 Å². The summed E-state index contributed by atoms with van der Waals surface area (Å²) in [7, 11) is 0. The number of amides is 4. The zero-order valence-corrected chi connectivity index (χ0v) is 21.2. The molecule has 0 aromatic heterocycles. The summed E-state index contributed by atoms with van der Waals surface area (Å²) in [6.45, 7) is 14.5. The Bertz CT molecular complexity index is 1060. The third kappa shape index (κ3) is 4.85. The fourth-order valence-corrected chi connectivity index (χ4v) is 5.27. The zero-order chi connectivity index (χ0) is 25.3. The molecule has 8 heteroatoms. The molecule has 3 aliphatic rings. The van der Waals surface area contributed by atoms with Crippen molar-refractivity contribution in [3.8, 4) is 0 Å². The van der Waals surface area contributed by atoms with E-state index in [4.69, 9.17) is 4.74 Å². The highest BCUT2D eigenvalue weighted by atomic mass is 16.5. The van der Waals surface area contributed by atoms with Crippen LogP contribution in [0.2, 0.25) is 0 Å². The number of hydrogen-bond donors (Lipinski definition) is 1. The van der Waals surface area contributed by atoms with Crippen LogP contribution in [0.3, 0.4) is 0 Å². The van der Waals surface area contributed by atoms with Crippen molar-refractivity contribution in [3.05, 3.63) is 58.8 Å². The third-order valence-corrected chi connectivity index (χ3v) is 6.98. The number of nitrogens with zero attached hydrogens (tertiary/aromatic N) is 3. The maximum absolute atomic E-state index is 14.0. The molecule has 2 atom stereocenters. The van der Waals surface area contributed by atoms with Gasteiger partial charge in [0, 0.05) is 19.6 Å². The number of morpholine rings is 1. The first-order valence-corrected chi connectivity index (χ1v) is 12.4. The van der Waals surface area contributed by atoms with Gasteiger partial charge in [0.15, 0.2) is 0 Å². The highest BCUT2D eigenvalue weighted by molar-refractivity contribution is 6.03. The van der Waals surface area contributed by atoms with E-state index >= 15 is 0 Å². The van der Waals surface area contributed by atoms with Gasteiger partial charge in [-0.2, -0.15) is 0 Å². The Morgan fingerprint density at radius 2 is 1.94 bits per heavy atom. The van der Waals surface area contributed by atoms with Crippen molar-refractivity contribution in [2.45, 2.75) is 46.2 Å². The Kier molecular flexibility index (Phi) is 7.31. The molecule has 1 saturated heterocycles. The van der Waals surface area contributed by atoms with Gasteiger partial charge < -0.3 is 19.9 Å². The van der Waals surface area contributed by atoms with Crippen LogP contribution in [0.1, 0.15) is 43.0 Å². The molecule has 188 valence electrons. The van der Waals surface area contributed by atoms with E-state index in [1.165, 1.54) is 0 Å². The molecule has 0 bridgehead atoms. The number of aryl methyl sites for hydroxylation is 2. The summed E-state index contributed by atoms with van der Waals surface area (Å²) in [6.07, 6.45) is 2.21. The van der Waals surface area contributed by atoms with E-state index < -0.39 is 12.1 Å². The van der Waals surface area contributed by atoms with Gasteiger partial charge in [-0.25, -0.2) is 4.79 Å². The molecule has 1 aromatic carbocycles. The number of urea groups is 1. The number of benzene rings is 1. The first-order chi connectivity index (χ1) is 16.7. The minimum absolute atomic E-state index is 0.0483. The monoisotopic (exact) mass is 480 g/mol. The molecule has 8 nitrogen and oxygen atoms in total. The fraction of sp³-hybridized carbons (Fsp3) is 0.519. The Balaban J connectivity index is 1.73. The minimum Gasteiger partial charge on any atom is -0.378 e. The van der Waals surface area contributed by atoms with Crippen molar-refractivity contribution in [1.29, 1.82) is 0 Å². The molecule has 3 aliphatic heterocycles. The number of nitrogens with one attached hydrogen (secondary N) is 1. The molecule has 0 aliphatic carbocycles. The lowest BCUT2D eigenvalue weighted by molar-refractivity contribution is -0.146. The van der Waals surface area contributed by atoms with Crippen molar-refractivity contribution >= 4 is 17.8 Å². The van der Waals surface area contributed by atoms with E-state index in [1.54, 1.807) is 20.8 Å². The second kappa shape index (κ2) is 10.2. The predicted molar refractivity (Wildman–Crippen MR) is 133 cm³/mol. The molecule has 1 N–H and O–H groups in total. The van der Waals surface area contributed by atoms with E-state index in [-0.39, 0.29) is 36.9 Å². The lowest BCUT2D eigenvalue weighted by Crippen LogP contribution is -2.53. The van der Waals surface area contributed by atoms with Crippen LogP contribution in [0.4, 0.5) is 4.79 Å². The van der Waals surface area contributed by atoms with Crippen LogP contribution >= 0.6 is 0 Å². The summed E-state index contributed by atoms with van der Waals surface area (Å²) in [4.78, 5) is 45.9. The second-order valence-electron chi connectivity index (χ2n) is 10.0. The average Bonchev–Trinajstić information content (AvgIpc) is 3.16. The van der Waals surface area contributed by atoms with Crippen molar-refractivity contribution in [2.75, 3.05) is 39.4 Å². The highest BCUT2D eigenvalue weighted by Gasteiger charge is 2.47. The molecule has 0 radical (unpaired) electrons. The number of rotatable bonds is 7. The topological polar surface area (TPSA) is 82.2 Å². The third-order valence-electron chi connectivity index (χ3n) is 6.98. The number of carbonyl (C=O) groups is 3. The quantitative estimate of drug-likeness (QED) is 0.609. The molecular formula is C27H36N4O4. The summed E-state index contributed by atoms with van der Waals surface area (Å²) in [5.74, 6) is -0.0197. The lowest BCUT2D eigenvalue weighted by Gasteiger charge is -2.35.